The Bertz CT molecular complexity index is 738. The third kappa shape index (κ3) is 3.54. The molecule has 0 aliphatic heterocycles. The fraction of sp³-hybridized carbons (Fsp3) is 0.250. The van der Waals surface area contributed by atoms with Gasteiger partial charge in [-0.2, -0.15) is 18.3 Å². The van der Waals surface area contributed by atoms with Gasteiger partial charge in [0.15, 0.2) is 5.82 Å². The van der Waals surface area contributed by atoms with Crippen molar-refractivity contribution in [3.8, 4) is 0 Å². The number of sulfonamides is 1. The minimum Gasteiger partial charge on any atom is -0.280 e. The summed E-state index contributed by atoms with van der Waals surface area (Å²) < 4.78 is 64.0. The standard InChI is InChI=1S/C12H12F3N3O2S/c1-2-9-7-11(17-16-9)18-21(19,20)10-5-3-4-8(6-10)12(13,14)15/h3-7H,2H2,1H3,(H2,16,17,18). The van der Waals surface area contributed by atoms with Crippen LogP contribution in [0.3, 0.4) is 0 Å². The molecule has 2 N–H and O–H groups in total. The molecule has 0 unspecified atom stereocenters. The number of aromatic amines is 1. The lowest BCUT2D eigenvalue weighted by Gasteiger charge is -2.09. The average molecular weight is 319 g/mol. The number of halogens is 3. The Kier molecular flexibility index (Phi) is 3.95. The normalized spacial score (nSPS) is 12.4. The molecule has 1 aromatic carbocycles. The number of nitrogens with one attached hydrogen (secondary N) is 2. The molecule has 0 aliphatic rings. The SMILES string of the molecule is CCc1cc(NS(=O)(=O)c2cccc(C(F)(F)F)c2)n[nH]1. The van der Waals surface area contributed by atoms with Gasteiger partial charge in [-0.3, -0.25) is 9.82 Å². The van der Waals surface area contributed by atoms with E-state index >= 15 is 0 Å². The monoisotopic (exact) mass is 319 g/mol. The van der Waals surface area contributed by atoms with E-state index in [9.17, 15) is 21.6 Å². The summed E-state index contributed by atoms with van der Waals surface area (Å²) in [6, 6.07) is 4.99. The summed E-state index contributed by atoms with van der Waals surface area (Å²) in [5.74, 6) is 0.0317. The minimum absolute atomic E-state index is 0.0317. The Balaban J connectivity index is 2.31. The Morgan fingerprint density at radius 3 is 2.57 bits per heavy atom. The molecule has 2 aromatic rings. The molecule has 21 heavy (non-hydrogen) atoms. The van der Waals surface area contributed by atoms with Gasteiger partial charge < -0.3 is 0 Å². The van der Waals surface area contributed by atoms with Crippen molar-refractivity contribution in [2.45, 2.75) is 24.4 Å². The number of nitrogens with zero attached hydrogens (tertiary/aromatic N) is 1. The van der Waals surface area contributed by atoms with E-state index in [1.807, 2.05) is 6.92 Å². The first-order valence-corrected chi connectivity index (χ1v) is 7.45. The third-order valence-corrected chi connectivity index (χ3v) is 4.07. The van der Waals surface area contributed by atoms with E-state index in [0.29, 0.717) is 18.2 Å². The van der Waals surface area contributed by atoms with Gasteiger partial charge in [0, 0.05) is 11.8 Å². The lowest BCUT2D eigenvalue weighted by atomic mass is 10.2. The highest BCUT2D eigenvalue weighted by molar-refractivity contribution is 7.92. The van der Waals surface area contributed by atoms with E-state index < -0.39 is 26.7 Å². The molecule has 0 radical (unpaired) electrons. The third-order valence-electron chi connectivity index (χ3n) is 2.72. The molecule has 0 saturated heterocycles. The maximum absolute atomic E-state index is 12.6. The lowest BCUT2D eigenvalue weighted by Crippen LogP contribution is -2.14. The van der Waals surface area contributed by atoms with Crippen LogP contribution in [0.25, 0.3) is 0 Å². The Morgan fingerprint density at radius 2 is 2.00 bits per heavy atom. The predicted molar refractivity (Wildman–Crippen MR) is 70.2 cm³/mol. The van der Waals surface area contributed by atoms with Crippen LogP contribution in [0.4, 0.5) is 19.0 Å². The maximum Gasteiger partial charge on any atom is 0.416 e. The second-order valence-corrected chi connectivity index (χ2v) is 5.95. The van der Waals surface area contributed by atoms with E-state index in [0.717, 1.165) is 18.2 Å². The Morgan fingerprint density at radius 1 is 1.29 bits per heavy atom. The summed E-state index contributed by atoms with van der Waals surface area (Å²) in [5, 5.41) is 6.34. The Hall–Kier alpha value is -2.03. The molecule has 0 spiro atoms. The number of H-pyrrole nitrogens is 1. The zero-order valence-electron chi connectivity index (χ0n) is 10.9. The first-order chi connectivity index (χ1) is 9.72. The van der Waals surface area contributed by atoms with Gasteiger partial charge in [-0.05, 0) is 24.6 Å². The van der Waals surface area contributed by atoms with Crippen molar-refractivity contribution in [2.24, 2.45) is 0 Å². The highest BCUT2D eigenvalue weighted by Crippen LogP contribution is 2.30. The van der Waals surface area contributed by atoms with Gasteiger partial charge in [-0.15, -0.1) is 0 Å². The zero-order chi connectivity index (χ0) is 15.7. The zero-order valence-corrected chi connectivity index (χ0v) is 11.7. The van der Waals surface area contributed by atoms with Crippen molar-refractivity contribution < 1.29 is 21.6 Å². The number of aromatic nitrogens is 2. The molecule has 0 aliphatic carbocycles. The number of hydrogen-bond donors (Lipinski definition) is 2. The summed E-state index contributed by atoms with van der Waals surface area (Å²) >= 11 is 0. The van der Waals surface area contributed by atoms with Gasteiger partial charge >= 0.3 is 6.18 Å². The summed E-state index contributed by atoms with van der Waals surface area (Å²) in [6.45, 7) is 1.85. The summed E-state index contributed by atoms with van der Waals surface area (Å²) in [6.07, 6.45) is -3.98. The first-order valence-electron chi connectivity index (χ1n) is 5.97. The van der Waals surface area contributed by atoms with E-state index in [4.69, 9.17) is 0 Å². The number of anilines is 1. The molecule has 0 amide bonds. The van der Waals surface area contributed by atoms with Gasteiger partial charge in [-0.1, -0.05) is 13.0 Å². The van der Waals surface area contributed by atoms with E-state index in [-0.39, 0.29) is 5.82 Å². The van der Waals surface area contributed by atoms with Crippen LogP contribution in [0.5, 0.6) is 0 Å². The molecule has 0 fully saturated rings. The van der Waals surface area contributed by atoms with E-state index in [1.165, 1.54) is 6.07 Å². The molecular weight excluding hydrogens is 307 g/mol. The van der Waals surface area contributed by atoms with E-state index in [2.05, 4.69) is 14.9 Å². The van der Waals surface area contributed by atoms with Crippen molar-refractivity contribution in [3.63, 3.8) is 0 Å². The summed E-state index contributed by atoms with van der Waals surface area (Å²) in [7, 11) is -4.12. The van der Waals surface area contributed by atoms with Crippen LogP contribution in [0.1, 0.15) is 18.2 Å². The molecule has 114 valence electrons. The van der Waals surface area contributed by atoms with Crippen LogP contribution in [0, 0.1) is 0 Å². The Labute approximate surface area is 119 Å². The first kappa shape index (κ1) is 15.4. The molecule has 1 aromatic heterocycles. The van der Waals surface area contributed by atoms with Crippen molar-refractivity contribution in [3.05, 3.63) is 41.6 Å². The van der Waals surface area contributed by atoms with Gasteiger partial charge in [0.05, 0.1) is 10.5 Å². The molecule has 0 bridgehead atoms. The van der Waals surface area contributed by atoms with Gasteiger partial charge in [-0.25, -0.2) is 8.42 Å². The highest BCUT2D eigenvalue weighted by Gasteiger charge is 2.31. The van der Waals surface area contributed by atoms with E-state index in [1.54, 1.807) is 0 Å². The molecule has 5 nitrogen and oxygen atoms in total. The van der Waals surface area contributed by atoms with Crippen LogP contribution in [0.2, 0.25) is 0 Å². The molecule has 0 saturated carbocycles. The quantitative estimate of drug-likeness (QED) is 0.910. The van der Waals surface area contributed by atoms with Crippen molar-refractivity contribution in [2.75, 3.05) is 4.72 Å². The summed E-state index contributed by atoms with van der Waals surface area (Å²) in [4.78, 5) is -0.474. The van der Waals surface area contributed by atoms with Crippen LogP contribution in [-0.2, 0) is 22.6 Å². The largest absolute Gasteiger partial charge is 0.416 e. The van der Waals surface area contributed by atoms with Crippen LogP contribution in [0.15, 0.2) is 35.2 Å². The highest BCUT2D eigenvalue weighted by atomic mass is 32.2. The topological polar surface area (TPSA) is 74.8 Å². The molecule has 1 heterocycles. The lowest BCUT2D eigenvalue weighted by molar-refractivity contribution is -0.137. The summed E-state index contributed by atoms with van der Waals surface area (Å²) in [5.41, 5.74) is -0.321. The fourth-order valence-corrected chi connectivity index (χ4v) is 2.67. The molecule has 2 rings (SSSR count). The molecule has 0 atom stereocenters. The number of alkyl halides is 3. The van der Waals surface area contributed by atoms with Crippen molar-refractivity contribution >= 4 is 15.8 Å². The second-order valence-electron chi connectivity index (χ2n) is 4.26. The van der Waals surface area contributed by atoms with Gasteiger partial charge in [0.1, 0.15) is 0 Å². The number of hydrogen-bond acceptors (Lipinski definition) is 3. The fourth-order valence-electron chi connectivity index (χ4n) is 1.63. The van der Waals surface area contributed by atoms with Crippen molar-refractivity contribution in [1.29, 1.82) is 0 Å². The van der Waals surface area contributed by atoms with Crippen LogP contribution >= 0.6 is 0 Å². The average Bonchev–Trinajstić information content (AvgIpc) is 2.85. The van der Waals surface area contributed by atoms with Crippen LogP contribution < -0.4 is 4.72 Å². The second kappa shape index (κ2) is 5.40. The van der Waals surface area contributed by atoms with Crippen molar-refractivity contribution in [1.82, 2.24) is 10.2 Å². The molecular formula is C12H12F3N3O2S. The molecule has 9 heteroatoms. The van der Waals surface area contributed by atoms with Crippen LogP contribution in [-0.4, -0.2) is 18.6 Å². The number of aryl methyl sites for hydroxylation is 1. The van der Waals surface area contributed by atoms with Gasteiger partial charge in [0.25, 0.3) is 10.0 Å². The maximum atomic E-state index is 12.6. The predicted octanol–water partition coefficient (Wildman–Crippen LogP) is 2.79. The number of rotatable bonds is 4. The number of benzene rings is 1. The van der Waals surface area contributed by atoms with Gasteiger partial charge in [0.2, 0.25) is 0 Å². The smallest absolute Gasteiger partial charge is 0.280 e. The minimum atomic E-state index is -4.60.